The Kier molecular flexibility index (Phi) is 4.33. The van der Waals surface area contributed by atoms with Crippen LogP contribution < -0.4 is 5.73 Å². The maximum atomic E-state index is 12.9. The lowest BCUT2D eigenvalue weighted by molar-refractivity contribution is -0.385. The molecule has 110 valence electrons. The van der Waals surface area contributed by atoms with Crippen molar-refractivity contribution in [1.82, 2.24) is 0 Å². The van der Waals surface area contributed by atoms with Crippen LogP contribution in [0.5, 0.6) is 0 Å². The fourth-order valence-corrected chi connectivity index (χ4v) is 2.34. The number of aryl methyl sites for hydroxylation is 1. The first-order chi connectivity index (χ1) is 9.88. The lowest BCUT2D eigenvalue weighted by atomic mass is 9.93. The molecule has 0 heterocycles. The third kappa shape index (κ3) is 3.44. The van der Waals surface area contributed by atoms with Crippen molar-refractivity contribution in [3.05, 3.63) is 74.6 Å². The van der Waals surface area contributed by atoms with Gasteiger partial charge in [0.1, 0.15) is 5.82 Å². The van der Waals surface area contributed by atoms with Crippen LogP contribution in [0.15, 0.2) is 36.4 Å². The van der Waals surface area contributed by atoms with Crippen molar-refractivity contribution >= 4 is 5.69 Å². The van der Waals surface area contributed by atoms with Gasteiger partial charge in [-0.05, 0) is 54.7 Å². The predicted molar refractivity (Wildman–Crippen MR) is 79.6 cm³/mol. The highest BCUT2D eigenvalue weighted by Crippen LogP contribution is 2.27. The van der Waals surface area contributed by atoms with Crippen molar-refractivity contribution in [1.29, 1.82) is 0 Å². The zero-order valence-corrected chi connectivity index (χ0v) is 12.0. The summed E-state index contributed by atoms with van der Waals surface area (Å²) in [5.41, 5.74) is 9.68. The van der Waals surface area contributed by atoms with Crippen molar-refractivity contribution < 1.29 is 9.31 Å². The highest BCUT2D eigenvalue weighted by molar-refractivity contribution is 5.46. The first-order valence-electron chi connectivity index (χ1n) is 6.64. The fraction of sp³-hybridized carbons (Fsp3) is 0.250. The van der Waals surface area contributed by atoms with Crippen LogP contribution in [0.2, 0.25) is 0 Å². The minimum Gasteiger partial charge on any atom is -0.324 e. The lowest BCUT2D eigenvalue weighted by Crippen LogP contribution is -2.15. The van der Waals surface area contributed by atoms with Gasteiger partial charge in [0.05, 0.1) is 4.92 Å². The van der Waals surface area contributed by atoms with E-state index in [1.165, 1.54) is 18.2 Å². The van der Waals surface area contributed by atoms with Crippen LogP contribution in [0.3, 0.4) is 0 Å². The van der Waals surface area contributed by atoms with Crippen LogP contribution in [-0.2, 0) is 6.42 Å². The molecule has 0 aromatic heterocycles. The van der Waals surface area contributed by atoms with Crippen molar-refractivity contribution in [3.63, 3.8) is 0 Å². The standard InChI is InChI=1S/C16H17FN2O2/c1-10-7-14(19(20)21)9-15(11(10)2)16(18)8-12-3-5-13(17)6-4-12/h3-7,9,16H,8,18H2,1-2H3. The molecular formula is C16H17FN2O2. The zero-order valence-electron chi connectivity index (χ0n) is 12.0. The first kappa shape index (κ1) is 15.1. The van der Waals surface area contributed by atoms with Gasteiger partial charge < -0.3 is 5.73 Å². The lowest BCUT2D eigenvalue weighted by Gasteiger charge is -2.16. The molecule has 1 atom stereocenters. The molecule has 2 aromatic carbocycles. The van der Waals surface area contributed by atoms with Crippen LogP contribution in [0.25, 0.3) is 0 Å². The molecule has 0 aliphatic heterocycles. The Hall–Kier alpha value is -2.27. The molecule has 0 aliphatic carbocycles. The average Bonchev–Trinajstić information content (AvgIpc) is 2.43. The number of hydrogen-bond acceptors (Lipinski definition) is 3. The van der Waals surface area contributed by atoms with E-state index in [-0.39, 0.29) is 17.5 Å². The second-order valence-corrected chi connectivity index (χ2v) is 5.17. The largest absolute Gasteiger partial charge is 0.324 e. The van der Waals surface area contributed by atoms with Gasteiger partial charge in [0.25, 0.3) is 5.69 Å². The summed E-state index contributed by atoms with van der Waals surface area (Å²) in [6.45, 7) is 3.73. The van der Waals surface area contributed by atoms with Gasteiger partial charge in [-0.1, -0.05) is 12.1 Å². The zero-order chi connectivity index (χ0) is 15.6. The number of nitro benzene ring substituents is 1. The minimum absolute atomic E-state index is 0.0441. The summed E-state index contributed by atoms with van der Waals surface area (Å²) < 4.78 is 12.9. The third-order valence-corrected chi connectivity index (χ3v) is 3.67. The fourth-order valence-electron chi connectivity index (χ4n) is 2.34. The van der Waals surface area contributed by atoms with Gasteiger partial charge in [-0.2, -0.15) is 0 Å². The Morgan fingerprint density at radius 3 is 2.43 bits per heavy atom. The van der Waals surface area contributed by atoms with E-state index in [2.05, 4.69) is 0 Å². The van der Waals surface area contributed by atoms with Gasteiger partial charge >= 0.3 is 0 Å². The molecule has 0 fully saturated rings. The Morgan fingerprint density at radius 1 is 1.24 bits per heavy atom. The van der Waals surface area contributed by atoms with E-state index in [0.717, 1.165) is 22.3 Å². The Labute approximate surface area is 122 Å². The summed E-state index contributed by atoms with van der Waals surface area (Å²) >= 11 is 0. The highest BCUT2D eigenvalue weighted by Gasteiger charge is 2.17. The molecule has 2 aromatic rings. The Balaban J connectivity index is 2.31. The molecule has 0 spiro atoms. The van der Waals surface area contributed by atoms with Crippen LogP contribution >= 0.6 is 0 Å². The van der Waals surface area contributed by atoms with E-state index >= 15 is 0 Å². The van der Waals surface area contributed by atoms with E-state index in [1.807, 2.05) is 13.8 Å². The molecule has 4 nitrogen and oxygen atoms in total. The highest BCUT2D eigenvalue weighted by atomic mass is 19.1. The molecule has 2 N–H and O–H groups in total. The summed E-state index contributed by atoms with van der Waals surface area (Å²) in [5.74, 6) is -0.297. The minimum atomic E-state index is -0.416. The maximum Gasteiger partial charge on any atom is 0.270 e. The summed E-state index contributed by atoms with van der Waals surface area (Å²) in [6.07, 6.45) is 0.502. The second-order valence-electron chi connectivity index (χ2n) is 5.17. The topological polar surface area (TPSA) is 69.2 Å². The quantitative estimate of drug-likeness (QED) is 0.690. The monoisotopic (exact) mass is 288 g/mol. The van der Waals surface area contributed by atoms with Crippen LogP contribution in [-0.4, -0.2) is 4.92 Å². The van der Waals surface area contributed by atoms with Gasteiger partial charge in [-0.15, -0.1) is 0 Å². The van der Waals surface area contributed by atoms with Crippen LogP contribution in [0.4, 0.5) is 10.1 Å². The Bertz CT molecular complexity index is 669. The van der Waals surface area contributed by atoms with Gasteiger partial charge in [0, 0.05) is 18.2 Å². The first-order valence-corrected chi connectivity index (χ1v) is 6.64. The van der Waals surface area contributed by atoms with Gasteiger partial charge in [-0.25, -0.2) is 4.39 Å². The van der Waals surface area contributed by atoms with E-state index in [4.69, 9.17) is 5.73 Å². The number of benzene rings is 2. The molecule has 2 rings (SSSR count). The summed E-state index contributed by atoms with van der Waals surface area (Å²) in [6, 6.07) is 8.82. The Morgan fingerprint density at radius 2 is 1.86 bits per heavy atom. The van der Waals surface area contributed by atoms with Gasteiger partial charge in [0.2, 0.25) is 0 Å². The average molecular weight is 288 g/mol. The molecule has 5 heteroatoms. The molecule has 0 radical (unpaired) electrons. The summed E-state index contributed by atoms with van der Waals surface area (Å²) in [5, 5.41) is 11.0. The van der Waals surface area contributed by atoms with E-state index in [0.29, 0.717) is 6.42 Å². The van der Waals surface area contributed by atoms with Crippen molar-refractivity contribution in [2.75, 3.05) is 0 Å². The van der Waals surface area contributed by atoms with Crippen LogP contribution in [0, 0.1) is 29.8 Å². The van der Waals surface area contributed by atoms with Gasteiger partial charge in [-0.3, -0.25) is 10.1 Å². The molecule has 0 saturated carbocycles. The number of hydrogen-bond donors (Lipinski definition) is 1. The molecule has 1 unspecified atom stereocenters. The smallest absolute Gasteiger partial charge is 0.270 e. The number of nitrogens with zero attached hydrogens (tertiary/aromatic N) is 1. The van der Waals surface area contributed by atoms with Crippen molar-refractivity contribution in [2.45, 2.75) is 26.3 Å². The van der Waals surface area contributed by atoms with E-state index < -0.39 is 4.92 Å². The van der Waals surface area contributed by atoms with Gasteiger partial charge in [0.15, 0.2) is 0 Å². The molecule has 0 aliphatic rings. The summed E-state index contributed by atoms with van der Waals surface area (Å²) in [4.78, 5) is 10.5. The van der Waals surface area contributed by atoms with Crippen molar-refractivity contribution in [2.24, 2.45) is 5.73 Å². The number of halogens is 1. The number of non-ortho nitro benzene ring substituents is 1. The maximum absolute atomic E-state index is 12.9. The predicted octanol–water partition coefficient (Wildman–Crippen LogP) is 3.59. The number of rotatable bonds is 4. The van der Waals surface area contributed by atoms with Crippen molar-refractivity contribution in [3.8, 4) is 0 Å². The molecular weight excluding hydrogens is 271 g/mol. The van der Waals surface area contributed by atoms with E-state index in [9.17, 15) is 14.5 Å². The molecule has 21 heavy (non-hydrogen) atoms. The normalized spacial score (nSPS) is 12.2. The van der Waals surface area contributed by atoms with E-state index in [1.54, 1.807) is 18.2 Å². The SMILES string of the molecule is Cc1cc([N+](=O)[O-])cc(C(N)Cc2ccc(F)cc2)c1C. The number of nitrogens with two attached hydrogens (primary N) is 1. The molecule has 0 amide bonds. The second kappa shape index (κ2) is 6.01. The summed E-state index contributed by atoms with van der Waals surface area (Å²) in [7, 11) is 0. The number of nitro groups is 1. The molecule has 0 bridgehead atoms. The molecule has 0 saturated heterocycles. The third-order valence-electron chi connectivity index (χ3n) is 3.67. The van der Waals surface area contributed by atoms with Crippen LogP contribution in [0.1, 0.15) is 28.3 Å².